The first-order valence-corrected chi connectivity index (χ1v) is 10.8. The van der Waals surface area contributed by atoms with Gasteiger partial charge in [0.05, 0.1) is 35.3 Å². The largest absolute Gasteiger partial charge is 0.386 e. The topological polar surface area (TPSA) is 106 Å². The van der Waals surface area contributed by atoms with Crippen molar-refractivity contribution in [2.24, 2.45) is 5.73 Å². The molecule has 4 aromatic rings. The normalized spacial score (nSPS) is 11.5. The molecule has 0 saturated heterocycles. The number of amides is 1. The van der Waals surface area contributed by atoms with Crippen LogP contribution >= 0.6 is 11.3 Å². The third kappa shape index (κ3) is 4.91. The van der Waals surface area contributed by atoms with Gasteiger partial charge in [-0.15, -0.1) is 11.3 Å². The molecule has 1 amide bonds. The average molecular weight is 470 g/mol. The van der Waals surface area contributed by atoms with Crippen molar-refractivity contribution in [1.82, 2.24) is 14.5 Å². The zero-order valence-electron chi connectivity index (χ0n) is 17.8. The summed E-state index contributed by atoms with van der Waals surface area (Å²) in [5.74, 6) is -2.00. The number of aromatic nitrogens is 3. The molecule has 0 radical (unpaired) electrons. The molecule has 0 saturated carbocycles. The minimum atomic E-state index is -1.41. The number of hydrogen-bond donors (Lipinski definition) is 3. The number of thiophene rings is 1. The van der Waals surface area contributed by atoms with E-state index < -0.39 is 23.1 Å². The minimum Gasteiger partial charge on any atom is -0.386 e. The van der Waals surface area contributed by atoms with E-state index in [2.05, 4.69) is 15.3 Å². The van der Waals surface area contributed by atoms with E-state index in [1.165, 1.54) is 19.9 Å². The Morgan fingerprint density at radius 3 is 2.58 bits per heavy atom. The maximum absolute atomic E-state index is 14.8. The van der Waals surface area contributed by atoms with E-state index in [0.29, 0.717) is 17.4 Å². The molecule has 0 aliphatic heterocycles. The van der Waals surface area contributed by atoms with E-state index in [4.69, 9.17) is 5.73 Å². The van der Waals surface area contributed by atoms with E-state index in [9.17, 15) is 18.7 Å². The Bertz CT molecular complexity index is 1290. The molecular weight excluding hydrogens is 448 g/mol. The van der Waals surface area contributed by atoms with E-state index in [1.807, 2.05) is 16.8 Å². The van der Waals surface area contributed by atoms with Crippen molar-refractivity contribution >= 4 is 28.1 Å². The Hall–Kier alpha value is -3.63. The summed E-state index contributed by atoms with van der Waals surface area (Å²) in [4.78, 5) is 20.7. The summed E-state index contributed by atoms with van der Waals surface area (Å²) in [5, 5.41) is 13.4. The van der Waals surface area contributed by atoms with Crippen molar-refractivity contribution in [3.8, 4) is 10.4 Å². The fraction of sp³-hybridized carbons (Fsp3) is 0.174. The molecule has 0 aliphatic carbocycles. The Kier molecular flexibility index (Phi) is 5.96. The van der Waals surface area contributed by atoms with Crippen molar-refractivity contribution in [1.29, 1.82) is 0 Å². The standard InChI is InChI=1S/C23H21F2N5O2S/c1-23(2,32)13-8-16(24)20(17(25)9-13)18-10-15(21(26)31)22(33-18)29-19-5-3-4-14(28-19)11-30-7-6-27-12-30/h3-10,12,32H,11H2,1-2H3,(H2,26,31)(H,28,29). The molecule has 10 heteroatoms. The van der Waals surface area contributed by atoms with Crippen molar-refractivity contribution in [3.63, 3.8) is 0 Å². The van der Waals surface area contributed by atoms with E-state index in [0.717, 1.165) is 29.2 Å². The van der Waals surface area contributed by atoms with Crippen LogP contribution in [0, 0.1) is 11.6 Å². The van der Waals surface area contributed by atoms with Gasteiger partial charge in [0, 0.05) is 17.3 Å². The number of rotatable bonds is 7. The van der Waals surface area contributed by atoms with Gasteiger partial charge in [0.1, 0.15) is 22.5 Å². The number of pyridine rings is 1. The zero-order valence-corrected chi connectivity index (χ0v) is 18.7. The highest BCUT2D eigenvalue weighted by Gasteiger charge is 2.24. The van der Waals surface area contributed by atoms with E-state index >= 15 is 0 Å². The molecule has 170 valence electrons. The predicted octanol–water partition coefficient (Wildman–Crippen LogP) is 4.40. The summed E-state index contributed by atoms with van der Waals surface area (Å²) < 4.78 is 31.5. The molecule has 0 fully saturated rings. The number of halogens is 2. The summed E-state index contributed by atoms with van der Waals surface area (Å²) in [7, 11) is 0. The maximum atomic E-state index is 14.8. The number of nitrogens with two attached hydrogens (primary N) is 1. The fourth-order valence-electron chi connectivity index (χ4n) is 3.27. The molecule has 4 rings (SSSR count). The van der Waals surface area contributed by atoms with Gasteiger partial charge in [-0.1, -0.05) is 6.07 Å². The average Bonchev–Trinajstić information content (AvgIpc) is 3.37. The van der Waals surface area contributed by atoms with Crippen LogP contribution in [-0.4, -0.2) is 25.5 Å². The predicted molar refractivity (Wildman–Crippen MR) is 122 cm³/mol. The molecule has 3 heterocycles. The lowest BCUT2D eigenvalue weighted by Crippen LogP contribution is -2.16. The molecule has 0 aliphatic rings. The first-order valence-electron chi connectivity index (χ1n) is 9.96. The summed E-state index contributed by atoms with van der Waals surface area (Å²) in [6.07, 6.45) is 5.15. The van der Waals surface area contributed by atoms with Gasteiger partial charge in [-0.05, 0) is 49.7 Å². The van der Waals surface area contributed by atoms with Crippen molar-refractivity contribution in [3.05, 3.63) is 83.6 Å². The fourth-order valence-corrected chi connectivity index (χ4v) is 4.39. The lowest BCUT2D eigenvalue weighted by molar-refractivity contribution is 0.0778. The highest BCUT2D eigenvalue weighted by molar-refractivity contribution is 7.20. The first-order chi connectivity index (χ1) is 15.6. The number of imidazole rings is 1. The van der Waals surface area contributed by atoms with Crippen LogP contribution in [0.2, 0.25) is 0 Å². The second-order valence-electron chi connectivity index (χ2n) is 7.97. The van der Waals surface area contributed by atoms with Gasteiger partial charge in [0.2, 0.25) is 0 Å². The molecular formula is C23H21F2N5O2S. The number of nitrogens with one attached hydrogen (secondary N) is 1. The smallest absolute Gasteiger partial charge is 0.251 e. The van der Waals surface area contributed by atoms with Crippen LogP contribution < -0.4 is 11.1 Å². The Morgan fingerprint density at radius 1 is 1.24 bits per heavy atom. The number of primary amides is 1. The third-order valence-electron chi connectivity index (χ3n) is 4.94. The van der Waals surface area contributed by atoms with Crippen LogP contribution in [0.5, 0.6) is 0 Å². The molecule has 33 heavy (non-hydrogen) atoms. The molecule has 0 unspecified atom stereocenters. The molecule has 1 aromatic carbocycles. The highest BCUT2D eigenvalue weighted by Crippen LogP contribution is 2.40. The monoisotopic (exact) mass is 469 g/mol. The number of anilines is 2. The van der Waals surface area contributed by atoms with Crippen LogP contribution in [0.3, 0.4) is 0 Å². The lowest BCUT2D eigenvalue weighted by Gasteiger charge is -2.18. The van der Waals surface area contributed by atoms with Gasteiger partial charge in [0.25, 0.3) is 5.91 Å². The first kappa shape index (κ1) is 22.6. The zero-order chi connectivity index (χ0) is 23.8. The molecule has 0 spiro atoms. The molecule has 0 atom stereocenters. The maximum Gasteiger partial charge on any atom is 0.251 e. The molecule has 0 bridgehead atoms. The number of carbonyl (C=O) groups excluding carboxylic acids is 1. The third-order valence-corrected chi connectivity index (χ3v) is 6.01. The van der Waals surface area contributed by atoms with Gasteiger partial charge in [-0.3, -0.25) is 4.79 Å². The van der Waals surface area contributed by atoms with Crippen LogP contribution in [0.15, 0.2) is 55.1 Å². The number of carbonyl (C=O) groups is 1. The van der Waals surface area contributed by atoms with Crippen LogP contribution in [-0.2, 0) is 12.1 Å². The lowest BCUT2D eigenvalue weighted by atomic mass is 9.96. The highest BCUT2D eigenvalue weighted by atomic mass is 32.1. The number of hydrogen-bond acceptors (Lipinski definition) is 6. The minimum absolute atomic E-state index is 0.0853. The molecule has 7 nitrogen and oxygen atoms in total. The molecule has 3 aromatic heterocycles. The summed E-state index contributed by atoms with van der Waals surface area (Å²) in [6, 6.07) is 8.85. The molecule has 4 N–H and O–H groups in total. The second kappa shape index (κ2) is 8.72. The Labute approximate surface area is 192 Å². The van der Waals surface area contributed by atoms with Gasteiger partial charge in [-0.2, -0.15) is 0 Å². The summed E-state index contributed by atoms with van der Waals surface area (Å²) >= 11 is 0.979. The Balaban J connectivity index is 1.68. The summed E-state index contributed by atoms with van der Waals surface area (Å²) in [6.45, 7) is 3.37. The van der Waals surface area contributed by atoms with Gasteiger partial charge >= 0.3 is 0 Å². The van der Waals surface area contributed by atoms with Crippen LogP contribution in [0.4, 0.5) is 19.6 Å². The van der Waals surface area contributed by atoms with Crippen molar-refractivity contribution in [2.45, 2.75) is 26.0 Å². The van der Waals surface area contributed by atoms with E-state index in [1.54, 1.807) is 24.7 Å². The number of aliphatic hydroxyl groups is 1. The number of nitrogens with zero attached hydrogens (tertiary/aromatic N) is 3. The SMILES string of the molecule is CC(C)(O)c1cc(F)c(-c2cc(C(N)=O)c(Nc3cccc(Cn4ccnc4)n3)s2)c(F)c1. The Morgan fingerprint density at radius 2 is 1.97 bits per heavy atom. The number of benzene rings is 1. The van der Waals surface area contributed by atoms with Gasteiger partial charge < -0.3 is 20.7 Å². The van der Waals surface area contributed by atoms with Crippen LogP contribution in [0.25, 0.3) is 10.4 Å². The van der Waals surface area contributed by atoms with Crippen molar-refractivity contribution in [2.75, 3.05) is 5.32 Å². The van der Waals surface area contributed by atoms with Gasteiger partial charge in [-0.25, -0.2) is 18.7 Å². The van der Waals surface area contributed by atoms with E-state index in [-0.39, 0.29) is 21.6 Å². The summed E-state index contributed by atoms with van der Waals surface area (Å²) in [5.41, 5.74) is 4.74. The van der Waals surface area contributed by atoms with Gasteiger partial charge in [0.15, 0.2) is 0 Å². The van der Waals surface area contributed by atoms with Crippen LogP contribution in [0.1, 0.15) is 35.5 Å². The second-order valence-corrected chi connectivity index (χ2v) is 9.02. The van der Waals surface area contributed by atoms with Crippen molar-refractivity contribution < 1.29 is 18.7 Å². The quantitative estimate of drug-likeness (QED) is 0.372.